The van der Waals surface area contributed by atoms with E-state index >= 15 is 0 Å². The quantitative estimate of drug-likeness (QED) is 0.592. The van der Waals surface area contributed by atoms with E-state index in [0.29, 0.717) is 24.5 Å². The molecule has 0 bridgehead atoms. The average molecular weight is 436 g/mol. The van der Waals surface area contributed by atoms with Crippen molar-refractivity contribution in [2.75, 3.05) is 33.4 Å². The van der Waals surface area contributed by atoms with Crippen LogP contribution in [0, 0.1) is 5.92 Å². The molecule has 2 atom stereocenters. The minimum absolute atomic E-state index is 0.250. The van der Waals surface area contributed by atoms with Crippen LogP contribution in [0.3, 0.4) is 0 Å². The molecule has 1 spiro atoms. The number of pyridine rings is 1. The van der Waals surface area contributed by atoms with Crippen LogP contribution in [0.15, 0.2) is 18.3 Å². The van der Waals surface area contributed by atoms with Gasteiger partial charge in [0, 0.05) is 43.9 Å². The second-order valence-corrected chi connectivity index (χ2v) is 8.99. The Morgan fingerprint density at radius 3 is 2.68 bits per heavy atom. The predicted molar refractivity (Wildman–Crippen MR) is 113 cm³/mol. The van der Waals surface area contributed by atoms with Gasteiger partial charge in [0.2, 0.25) is 5.88 Å². The molecule has 0 aromatic carbocycles. The third-order valence-corrected chi connectivity index (χ3v) is 6.48. The molecular formula is C22H33N3O6. The summed E-state index contributed by atoms with van der Waals surface area (Å²) < 4.78 is 11.3. The van der Waals surface area contributed by atoms with Gasteiger partial charge in [-0.2, -0.15) is 0 Å². The minimum Gasteiger partial charge on any atom is -0.483 e. The molecule has 172 valence electrons. The highest BCUT2D eigenvalue weighted by molar-refractivity contribution is 5.94. The first-order valence-electron chi connectivity index (χ1n) is 10.8. The maximum absolute atomic E-state index is 12.6. The fourth-order valence-corrected chi connectivity index (χ4v) is 4.50. The van der Waals surface area contributed by atoms with Gasteiger partial charge in [-0.3, -0.25) is 9.59 Å². The zero-order chi connectivity index (χ0) is 22.5. The number of carboxylic acid groups (broad SMARTS) is 1. The highest BCUT2D eigenvalue weighted by Crippen LogP contribution is 2.40. The van der Waals surface area contributed by atoms with Crippen molar-refractivity contribution in [1.82, 2.24) is 15.2 Å². The number of nitrogens with zero attached hydrogens (tertiary/aromatic N) is 2. The highest BCUT2D eigenvalue weighted by Gasteiger charge is 2.49. The fraction of sp³-hybridized carbons (Fsp3) is 0.682. The van der Waals surface area contributed by atoms with Gasteiger partial charge in [-0.05, 0) is 44.6 Å². The van der Waals surface area contributed by atoms with Crippen LogP contribution in [0.1, 0.15) is 49.4 Å². The lowest BCUT2D eigenvalue weighted by Crippen LogP contribution is -2.64. The number of nitrogens with one attached hydrogen (secondary N) is 1. The molecule has 0 radical (unpaired) electrons. The summed E-state index contributed by atoms with van der Waals surface area (Å²) in [4.78, 5) is 27.5. The molecule has 3 fully saturated rings. The van der Waals surface area contributed by atoms with Gasteiger partial charge in [0.05, 0.1) is 31.0 Å². The van der Waals surface area contributed by atoms with Crippen molar-refractivity contribution >= 4 is 12.4 Å². The highest BCUT2D eigenvalue weighted by atomic mass is 16.5. The van der Waals surface area contributed by atoms with E-state index in [1.165, 1.54) is 32.7 Å². The number of hydrogen-bond donors (Lipinski definition) is 3. The number of aromatic nitrogens is 1. The number of likely N-dealkylation sites (tertiary alicyclic amines) is 1. The number of aliphatic hydroxyl groups is 1. The molecule has 31 heavy (non-hydrogen) atoms. The van der Waals surface area contributed by atoms with E-state index in [0.717, 1.165) is 31.8 Å². The molecule has 1 saturated carbocycles. The van der Waals surface area contributed by atoms with Gasteiger partial charge in [0.25, 0.3) is 12.4 Å². The van der Waals surface area contributed by atoms with E-state index in [2.05, 4.69) is 15.2 Å². The van der Waals surface area contributed by atoms with Crippen LogP contribution in [0.5, 0.6) is 5.88 Å². The Hall–Kier alpha value is -2.23. The summed E-state index contributed by atoms with van der Waals surface area (Å²) in [5.41, 5.74) is -0.828. The zero-order valence-electron chi connectivity index (χ0n) is 18.2. The number of rotatable bonds is 5. The molecule has 1 aromatic rings. The predicted octanol–water partition coefficient (Wildman–Crippen LogP) is 1.31. The lowest BCUT2D eigenvalue weighted by molar-refractivity contribution is -0.186. The van der Waals surface area contributed by atoms with Gasteiger partial charge in [-0.15, -0.1) is 0 Å². The van der Waals surface area contributed by atoms with Gasteiger partial charge < -0.3 is 29.9 Å². The van der Waals surface area contributed by atoms with Crippen LogP contribution in [-0.2, 0) is 9.53 Å². The molecule has 3 N–H and O–H groups in total. The minimum atomic E-state index is -1.01. The van der Waals surface area contributed by atoms with Crippen molar-refractivity contribution in [3.8, 4) is 5.88 Å². The summed E-state index contributed by atoms with van der Waals surface area (Å²) in [5.74, 6) is 1.02. The van der Waals surface area contributed by atoms with Crippen molar-refractivity contribution < 1.29 is 29.3 Å². The van der Waals surface area contributed by atoms with E-state index in [4.69, 9.17) is 19.4 Å². The van der Waals surface area contributed by atoms with Gasteiger partial charge in [0.15, 0.2) is 0 Å². The first kappa shape index (κ1) is 23.4. The van der Waals surface area contributed by atoms with Crippen LogP contribution in [0.2, 0.25) is 0 Å². The summed E-state index contributed by atoms with van der Waals surface area (Å²) >= 11 is 0. The topological polar surface area (TPSA) is 121 Å². The molecule has 3 heterocycles. The first-order valence-corrected chi connectivity index (χ1v) is 10.8. The molecule has 2 aliphatic heterocycles. The monoisotopic (exact) mass is 435 g/mol. The molecule has 0 unspecified atom stereocenters. The van der Waals surface area contributed by atoms with Gasteiger partial charge in [-0.1, -0.05) is 0 Å². The number of hydrogen-bond acceptors (Lipinski definition) is 7. The third-order valence-electron chi connectivity index (χ3n) is 6.48. The van der Waals surface area contributed by atoms with E-state index in [1.54, 1.807) is 12.1 Å². The Morgan fingerprint density at radius 1 is 1.42 bits per heavy atom. The van der Waals surface area contributed by atoms with Crippen LogP contribution >= 0.6 is 0 Å². The molecule has 2 saturated heterocycles. The SMILES string of the molecule is COc1cc(C(=O)N[C@H]2COC3(CCN(CC4CC4)CC3)C[C@]2(C)O)ccn1.O=CO. The number of piperidine rings is 1. The summed E-state index contributed by atoms with van der Waals surface area (Å²) in [7, 11) is 1.51. The molecular weight excluding hydrogens is 402 g/mol. The van der Waals surface area contributed by atoms with Crippen LogP contribution < -0.4 is 10.1 Å². The molecule has 1 aliphatic carbocycles. The largest absolute Gasteiger partial charge is 0.483 e. The van der Waals surface area contributed by atoms with Crippen molar-refractivity contribution in [3.05, 3.63) is 23.9 Å². The van der Waals surface area contributed by atoms with Crippen LogP contribution in [-0.4, -0.2) is 83.1 Å². The van der Waals surface area contributed by atoms with Crippen molar-refractivity contribution in [1.29, 1.82) is 0 Å². The number of amides is 1. The lowest BCUT2D eigenvalue weighted by Gasteiger charge is -2.51. The summed E-state index contributed by atoms with van der Waals surface area (Å²) in [6, 6.07) is 2.77. The smallest absolute Gasteiger partial charge is 0.290 e. The Labute approximate surface area is 182 Å². The van der Waals surface area contributed by atoms with Gasteiger partial charge >= 0.3 is 0 Å². The van der Waals surface area contributed by atoms with Gasteiger partial charge in [-0.25, -0.2) is 4.98 Å². The molecule has 9 heteroatoms. The van der Waals surface area contributed by atoms with E-state index < -0.39 is 11.6 Å². The molecule has 4 rings (SSSR count). The van der Waals surface area contributed by atoms with Crippen molar-refractivity contribution in [2.45, 2.75) is 56.3 Å². The second kappa shape index (κ2) is 9.93. The normalized spacial score (nSPS) is 27.6. The summed E-state index contributed by atoms with van der Waals surface area (Å²) in [6.45, 7) is 5.15. The summed E-state index contributed by atoms with van der Waals surface area (Å²) in [6.07, 6.45) is 6.71. The summed E-state index contributed by atoms with van der Waals surface area (Å²) in [5, 5.41) is 20.9. The van der Waals surface area contributed by atoms with Crippen molar-refractivity contribution in [3.63, 3.8) is 0 Å². The van der Waals surface area contributed by atoms with Gasteiger partial charge in [0.1, 0.15) is 0 Å². The van der Waals surface area contributed by atoms with Crippen molar-refractivity contribution in [2.24, 2.45) is 5.92 Å². The molecule has 1 amide bonds. The molecule has 9 nitrogen and oxygen atoms in total. The third kappa shape index (κ3) is 6.15. The van der Waals surface area contributed by atoms with Crippen LogP contribution in [0.25, 0.3) is 0 Å². The lowest BCUT2D eigenvalue weighted by atomic mass is 9.75. The van der Waals surface area contributed by atoms with E-state index in [9.17, 15) is 9.90 Å². The average Bonchev–Trinajstić information content (AvgIpc) is 3.56. The number of carbonyl (C=O) groups is 2. The Balaban J connectivity index is 0.000000858. The number of methoxy groups -OCH3 is 1. The van der Waals surface area contributed by atoms with E-state index in [-0.39, 0.29) is 18.0 Å². The standard InChI is InChI=1S/C21H31N3O4.CH2O2/c1-20(26)14-21(6-9-24(10-7-21)12-15-3-4-15)28-13-17(20)23-19(25)16-5-8-22-18(11-16)27-2;2-1-3/h5,8,11,15,17,26H,3-4,6-7,9-10,12-14H2,1-2H3,(H,23,25);1H,(H,2,3)/t17-,20-;/m0./s1. The molecule has 1 aromatic heterocycles. The zero-order valence-corrected chi connectivity index (χ0v) is 18.2. The second-order valence-electron chi connectivity index (χ2n) is 8.99. The fourth-order valence-electron chi connectivity index (χ4n) is 4.50. The Morgan fingerprint density at radius 2 is 2.10 bits per heavy atom. The Bertz CT molecular complexity index is 759. The van der Waals surface area contributed by atoms with E-state index in [1.807, 2.05) is 6.92 Å². The first-order chi connectivity index (χ1) is 14.8. The Kier molecular flexibility index (Phi) is 7.51. The maximum Gasteiger partial charge on any atom is 0.290 e. The number of ether oxygens (including phenoxy) is 2. The maximum atomic E-state index is 12.6. The van der Waals surface area contributed by atoms with Crippen LogP contribution in [0.4, 0.5) is 0 Å². The molecule has 3 aliphatic rings. The number of carbonyl (C=O) groups excluding carboxylic acids is 1.